The predicted molar refractivity (Wildman–Crippen MR) is 78.8 cm³/mol. The minimum absolute atomic E-state index is 0.508. The lowest BCUT2D eigenvalue weighted by atomic mass is 10.3. The van der Waals surface area contributed by atoms with Crippen LogP contribution in [0.3, 0.4) is 0 Å². The molecule has 0 bridgehead atoms. The van der Waals surface area contributed by atoms with Gasteiger partial charge in [-0.05, 0) is 37.8 Å². The second kappa shape index (κ2) is 3.60. The molecule has 0 aliphatic heterocycles. The van der Waals surface area contributed by atoms with Crippen LogP contribution < -0.4 is 0 Å². The molecule has 0 radical (unpaired) electrons. The molecule has 4 heterocycles. The van der Waals surface area contributed by atoms with E-state index in [0.29, 0.717) is 11.8 Å². The first-order valence-electron chi connectivity index (χ1n) is 7.78. The van der Waals surface area contributed by atoms with Crippen LogP contribution >= 0.6 is 0 Å². The van der Waals surface area contributed by atoms with Gasteiger partial charge in [-0.25, -0.2) is 4.98 Å². The second-order valence-corrected chi connectivity index (χ2v) is 6.33. The molecule has 2 aliphatic rings. The number of fused-ring (bicyclic) bond motifs is 6. The van der Waals surface area contributed by atoms with Crippen LogP contribution in [0, 0.1) is 0 Å². The zero-order chi connectivity index (χ0) is 14.3. The van der Waals surface area contributed by atoms with Crippen molar-refractivity contribution >= 4 is 22.5 Å². The van der Waals surface area contributed by atoms with Crippen molar-refractivity contribution < 1.29 is 0 Å². The predicted octanol–water partition coefficient (Wildman–Crippen LogP) is 2.07. The van der Waals surface area contributed by atoms with Crippen molar-refractivity contribution in [3.05, 3.63) is 30.0 Å². The van der Waals surface area contributed by atoms with Crippen LogP contribution in [-0.2, 0) is 0 Å². The van der Waals surface area contributed by atoms with Crippen molar-refractivity contribution in [1.29, 1.82) is 0 Å². The third-order valence-corrected chi connectivity index (χ3v) is 4.68. The van der Waals surface area contributed by atoms with Crippen LogP contribution in [0.15, 0.2) is 18.3 Å². The number of hydrogen-bond acceptors (Lipinski definition) is 5. The second-order valence-electron chi connectivity index (χ2n) is 6.33. The van der Waals surface area contributed by atoms with Gasteiger partial charge in [0.05, 0.1) is 5.52 Å². The Morgan fingerprint density at radius 3 is 2.09 bits per heavy atom. The van der Waals surface area contributed by atoms with Gasteiger partial charge >= 0.3 is 0 Å². The largest absolute Gasteiger partial charge is 0.272 e. The van der Waals surface area contributed by atoms with Gasteiger partial charge < -0.3 is 0 Å². The van der Waals surface area contributed by atoms with E-state index >= 15 is 0 Å². The highest BCUT2D eigenvalue weighted by atomic mass is 15.3. The number of nitrogens with zero attached hydrogens (tertiary/aromatic N) is 7. The Bertz CT molecular complexity index is 967. The van der Waals surface area contributed by atoms with Gasteiger partial charge in [-0.3, -0.25) is 8.80 Å². The van der Waals surface area contributed by atoms with Gasteiger partial charge in [-0.2, -0.15) is 0 Å². The summed E-state index contributed by atoms with van der Waals surface area (Å²) in [7, 11) is 0. The summed E-state index contributed by atoms with van der Waals surface area (Å²) in [6.45, 7) is 0. The SMILES string of the molecule is c1cnc2c(c1)n1c(C3CC3)nnc1c1nnc(C3CC3)n21. The Morgan fingerprint density at radius 1 is 0.773 bits per heavy atom. The Labute approximate surface area is 125 Å². The van der Waals surface area contributed by atoms with E-state index in [9.17, 15) is 0 Å². The Kier molecular flexibility index (Phi) is 1.81. The summed E-state index contributed by atoms with van der Waals surface area (Å²) in [5.74, 6) is 3.07. The first-order valence-corrected chi connectivity index (χ1v) is 7.78. The lowest BCUT2D eigenvalue weighted by Crippen LogP contribution is -2.03. The van der Waals surface area contributed by atoms with E-state index in [1.807, 2.05) is 12.3 Å². The molecule has 108 valence electrons. The van der Waals surface area contributed by atoms with Gasteiger partial charge in [0, 0.05) is 18.0 Å². The van der Waals surface area contributed by atoms with Crippen LogP contribution in [-0.4, -0.2) is 34.2 Å². The Morgan fingerprint density at radius 2 is 1.41 bits per heavy atom. The van der Waals surface area contributed by atoms with Crippen molar-refractivity contribution in [3.63, 3.8) is 0 Å². The molecule has 6 rings (SSSR count). The number of aromatic nitrogens is 7. The van der Waals surface area contributed by atoms with E-state index in [0.717, 1.165) is 34.1 Å². The van der Waals surface area contributed by atoms with E-state index in [-0.39, 0.29) is 0 Å². The summed E-state index contributed by atoms with van der Waals surface area (Å²) in [4.78, 5) is 4.61. The normalized spacial score (nSPS) is 18.7. The topological polar surface area (TPSA) is 73.3 Å². The molecule has 0 atom stereocenters. The monoisotopic (exact) mass is 291 g/mol. The first kappa shape index (κ1) is 11.1. The quantitative estimate of drug-likeness (QED) is 0.565. The lowest BCUT2D eigenvalue weighted by molar-refractivity contribution is 0.895. The molecule has 2 aliphatic carbocycles. The minimum atomic E-state index is 0.508. The molecule has 0 unspecified atom stereocenters. The molecule has 7 nitrogen and oxygen atoms in total. The molecule has 4 aromatic rings. The third-order valence-electron chi connectivity index (χ3n) is 4.68. The fourth-order valence-corrected chi connectivity index (χ4v) is 3.28. The van der Waals surface area contributed by atoms with E-state index in [2.05, 4.69) is 40.2 Å². The summed E-state index contributed by atoms with van der Waals surface area (Å²) in [5, 5.41) is 17.7. The van der Waals surface area contributed by atoms with Crippen LogP contribution in [0.5, 0.6) is 0 Å². The number of rotatable bonds is 2. The smallest absolute Gasteiger partial charge is 0.208 e. The summed E-state index contributed by atoms with van der Waals surface area (Å²) in [5.41, 5.74) is 3.51. The fraction of sp³-hybridized carbons (Fsp3) is 0.400. The van der Waals surface area contributed by atoms with Crippen molar-refractivity contribution in [2.45, 2.75) is 37.5 Å². The van der Waals surface area contributed by atoms with E-state index in [4.69, 9.17) is 0 Å². The highest BCUT2D eigenvalue weighted by molar-refractivity contribution is 5.83. The molecular weight excluding hydrogens is 278 g/mol. The zero-order valence-corrected chi connectivity index (χ0v) is 11.8. The van der Waals surface area contributed by atoms with Crippen molar-refractivity contribution in [1.82, 2.24) is 34.2 Å². The number of pyridine rings is 1. The molecule has 0 amide bonds. The van der Waals surface area contributed by atoms with Crippen LogP contribution in [0.4, 0.5) is 0 Å². The van der Waals surface area contributed by atoms with Crippen LogP contribution in [0.1, 0.15) is 49.2 Å². The average molecular weight is 291 g/mol. The first-order chi connectivity index (χ1) is 10.9. The van der Waals surface area contributed by atoms with E-state index < -0.39 is 0 Å². The van der Waals surface area contributed by atoms with Gasteiger partial charge in [0.25, 0.3) is 0 Å². The maximum atomic E-state index is 4.61. The molecular formula is C15H13N7. The molecule has 7 heteroatoms. The van der Waals surface area contributed by atoms with Gasteiger partial charge in [0.15, 0.2) is 5.65 Å². The Hall–Kier alpha value is -2.57. The van der Waals surface area contributed by atoms with Crippen molar-refractivity contribution in [2.75, 3.05) is 0 Å². The van der Waals surface area contributed by atoms with Crippen LogP contribution in [0.25, 0.3) is 22.5 Å². The summed E-state index contributed by atoms with van der Waals surface area (Å²) >= 11 is 0. The minimum Gasteiger partial charge on any atom is -0.272 e. The van der Waals surface area contributed by atoms with Gasteiger partial charge in [0.1, 0.15) is 11.6 Å². The van der Waals surface area contributed by atoms with Gasteiger partial charge in [-0.15, -0.1) is 20.4 Å². The molecule has 4 aromatic heterocycles. The molecule has 2 saturated carbocycles. The fourth-order valence-electron chi connectivity index (χ4n) is 3.28. The molecule has 22 heavy (non-hydrogen) atoms. The summed E-state index contributed by atoms with van der Waals surface area (Å²) < 4.78 is 4.20. The van der Waals surface area contributed by atoms with Gasteiger partial charge in [-0.1, -0.05) is 0 Å². The van der Waals surface area contributed by atoms with Gasteiger partial charge in [0.2, 0.25) is 11.3 Å². The van der Waals surface area contributed by atoms with Crippen molar-refractivity contribution in [2.24, 2.45) is 0 Å². The molecule has 2 fully saturated rings. The van der Waals surface area contributed by atoms with Crippen LogP contribution in [0.2, 0.25) is 0 Å². The van der Waals surface area contributed by atoms with E-state index in [1.54, 1.807) is 0 Å². The average Bonchev–Trinajstić information content (AvgIpc) is 3.48. The maximum Gasteiger partial charge on any atom is 0.208 e. The molecule has 0 aromatic carbocycles. The molecule has 0 spiro atoms. The summed E-state index contributed by atoms with van der Waals surface area (Å²) in [6.07, 6.45) is 6.56. The molecule has 0 N–H and O–H groups in total. The highest BCUT2D eigenvalue weighted by Crippen LogP contribution is 2.42. The zero-order valence-electron chi connectivity index (χ0n) is 11.8. The number of hydrogen-bond donors (Lipinski definition) is 0. The third kappa shape index (κ3) is 1.29. The Balaban J connectivity index is 1.88. The lowest BCUT2D eigenvalue weighted by Gasteiger charge is -2.07. The summed E-state index contributed by atoms with van der Waals surface area (Å²) in [6, 6.07) is 4.05. The van der Waals surface area contributed by atoms with Crippen molar-refractivity contribution in [3.8, 4) is 0 Å². The highest BCUT2D eigenvalue weighted by Gasteiger charge is 2.33. The standard InChI is InChI=1S/C15H13N7/c1-2-10-13(16-7-1)22-12(9-5-6-9)18-20-15(22)14-19-17-11(21(10)14)8-3-4-8/h1-2,7-9H,3-6H2. The molecule has 0 saturated heterocycles. The van der Waals surface area contributed by atoms with E-state index in [1.165, 1.54) is 25.7 Å². The maximum absolute atomic E-state index is 4.61.